The fourth-order valence-electron chi connectivity index (χ4n) is 2.07. The van der Waals surface area contributed by atoms with E-state index in [1.165, 1.54) is 7.11 Å². The third-order valence-corrected chi connectivity index (χ3v) is 3.24. The largest absolute Gasteiger partial charge is 0.490 e. The molecule has 0 atom stereocenters. The number of aryl methyl sites for hydroxylation is 1. The average molecular weight is 264 g/mol. The minimum atomic E-state index is -0.178. The highest BCUT2D eigenvalue weighted by Crippen LogP contribution is 2.19. The van der Waals surface area contributed by atoms with Crippen LogP contribution in [0.5, 0.6) is 5.75 Å². The third kappa shape index (κ3) is 4.56. The summed E-state index contributed by atoms with van der Waals surface area (Å²) in [7, 11) is 1.41. The van der Waals surface area contributed by atoms with Crippen molar-refractivity contribution in [1.82, 2.24) is 0 Å². The fraction of sp³-hybridized carbons (Fsp3) is 0.533. The average Bonchev–Trinajstić information content (AvgIpc) is 2.47. The molecule has 0 amide bonds. The Morgan fingerprint density at radius 1 is 1.26 bits per heavy atom. The Bertz CT molecular complexity index is 393. The lowest BCUT2D eigenvalue weighted by molar-refractivity contribution is -0.140. The van der Waals surface area contributed by atoms with Gasteiger partial charge in [0, 0.05) is 19.3 Å². The van der Waals surface area contributed by atoms with Crippen LogP contribution in [0, 0.1) is 0 Å². The molecule has 1 saturated heterocycles. The lowest BCUT2D eigenvalue weighted by atomic mass is 10.1. The number of hydrogen-bond acceptors (Lipinski definition) is 4. The summed E-state index contributed by atoms with van der Waals surface area (Å²) in [6, 6.07) is 7.92. The van der Waals surface area contributed by atoms with Gasteiger partial charge in [0.05, 0.1) is 20.3 Å². The molecule has 104 valence electrons. The highest BCUT2D eigenvalue weighted by atomic mass is 16.5. The summed E-state index contributed by atoms with van der Waals surface area (Å²) >= 11 is 0. The van der Waals surface area contributed by atoms with E-state index in [2.05, 4.69) is 4.74 Å². The predicted octanol–water partition coefficient (Wildman–Crippen LogP) is 2.35. The van der Waals surface area contributed by atoms with Gasteiger partial charge >= 0.3 is 5.97 Å². The minimum absolute atomic E-state index is 0.178. The monoisotopic (exact) mass is 264 g/mol. The second-order valence-electron chi connectivity index (χ2n) is 4.65. The maximum Gasteiger partial charge on any atom is 0.305 e. The van der Waals surface area contributed by atoms with Crippen molar-refractivity contribution in [1.29, 1.82) is 0 Å². The summed E-state index contributed by atoms with van der Waals surface area (Å²) < 4.78 is 15.8. The molecule has 0 radical (unpaired) electrons. The Hall–Kier alpha value is -1.55. The number of carbonyl (C=O) groups is 1. The summed E-state index contributed by atoms with van der Waals surface area (Å²) in [5.74, 6) is 0.705. The first-order chi connectivity index (χ1) is 9.28. The number of benzene rings is 1. The van der Waals surface area contributed by atoms with Gasteiger partial charge in [-0.25, -0.2) is 0 Å². The first-order valence-electron chi connectivity index (χ1n) is 6.68. The molecule has 0 saturated carbocycles. The Labute approximate surface area is 113 Å². The molecule has 1 fully saturated rings. The van der Waals surface area contributed by atoms with Crippen molar-refractivity contribution in [2.45, 2.75) is 31.8 Å². The van der Waals surface area contributed by atoms with Crippen LogP contribution in [-0.4, -0.2) is 32.4 Å². The van der Waals surface area contributed by atoms with Gasteiger partial charge in [-0.2, -0.15) is 0 Å². The van der Waals surface area contributed by atoms with E-state index in [9.17, 15) is 4.79 Å². The van der Waals surface area contributed by atoms with Gasteiger partial charge in [0.25, 0.3) is 0 Å². The van der Waals surface area contributed by atoms with Gasteiger partial charge in [0.1, 0.15) is 11.9 Å². The molecule has 0 aliphatic carbocycles. The van der Waals surface area contributed by atoms with Crippen LogP contribution in [0.1, 0.15) is 24.8 Å². The predicted molar refractivity (Wildman–Crippen MR) is 71.2 cm³/mol. The number of ether oxygens (including phenoxy) is 3. The zero-order valence-corrected chi connectivity index (χ0v) is 11.3. The van der Waals surface area contributed by atoms with Gasteiger partial charge in [0.2, 0.25) is 0 Å². The molecule has 2 rings (SSSR count). The zero-order valence-electron chi connectivity index (χ0n) is 11.3. The van der Waals surface area contributed by atoms with Crippen LogP contribution in [0.15, 0.2) is 24.3 Å². The highest BCUT2D eigenvalue weighted by Gasteiger charge is 2.15. The van der Waals surface area contributed by atoms with Crippen molar-refractivity contribution in [2.75, 3.05) is 20.3 Å². The van der Waals surface area contributed by atoms with Crippen LogP contribution in [0.25, 0.3) is 0 Å². The molecule has 1 aromatic carbocycles. The van der Waals surface area contributed by atoms with Gasteiger partial charge in [-0.15, -0.1) is 0 Å². The summed E-state index contributed by atoms with van der Waals surface area (Å²) in [5, 5.41) is 0. The Kier molecular flexibility index (Phi) is 5.21. The summed E-state index contributed by atoms with van der Waals surface area (Å²) in [6.45, 7) is 1.56. The molecular formula is C15H20O4. The van der Waals surface area contributed by atoms with Crippen molar-refractivity contribution in [3.8, 4) is 5.75 Å². The zero-order chi connectivity index (χ0) is 13.5. The van der Waals surface area contributed by atoms with E-state index in [0.29, 0.717) is 12.8 Å². The number of carbonyl (C=O) groups excluding carboxylic acids is 1. The second-order valence-corrected chi connectivity index (χ2v) is 4.65. The van der Waals surface area contributed by atoms with Gasteiger partial charge in [-0.05, 0) is 24.1 Å². The SMILES string of the molecule is COC(=O)CCc1ccc(OC2CCOCC2)cc1. The van der Waals surface area contributed by atoms with Gasteiger partial charge in [0.15, 0.2) is 0 Å². The van der Waals surface area contributed by atoms with Crippen LogP contribution < -0.4 is 4.74 Å². The van der Waals surface area contributed by atoms with E-state index in [0.717, 1.165) is 37.4 Å². The lowest BCUT2D eigenvalue weighted by Gasteiger charge is -2.23. The molecule has 1 aromatic rings. The summed E-state index contributed by atoms with van der Waals surface area (Å²) in [6.07, 6.45) is 3.27. The van der Waals surface area contributed by atoms with Gasteiger partial charge < -0.3 is 14.2 Å². The van der Waals surface area contributed by atoms with Crippen molar-refractivity contribution in [3.63, 3.8) is 0 Å². The van der Waals surface area contributed by atoms with Crippen molar-refractivity contribution >= 4 is 5.97 Å². The fourth-order valence-corrected chi connectivity index (χ4v) is 2.07. The minimum Gasteiger partial charge on any atom is -0.490 e. The standard InChI is InChI=1S/C15H20O4/c1-17-15(16)7-4-12-2-5-13(6-3-12)19-14-8-10-18-11-9-14/h2-3,5-6,14H,4,7-11H2,1H3. The summed E-state index contributed by atoms with van der Waals surface area (Å²) in [5.41, 5.74) is 1.12. The smallest absolute Gasteiger partial charge is 0.305 e. The Morgan fingerprint density at radius 3 is 2.58 bits per heavy atom. The molecular weight excluding hydrogens is 244 g/mol. The molecule has 0 spiro atoms. The molecule has 1 aliphatic rings. The van der Waals surface area contributed by atoms with Crippen molar-refractivity contribution in [2.24, 2.45) is 0 Å². The van der Waals surface area contributed by atoms with Gasteiger partial charge in [-0.1, -0.05) is 12.1 Å². The maximum absolute atomic E-state index is 11.1. The molecule has 1 heterocycles. The molecule has 4 nitrogen and oxygen atoms in total. The number of methoxy groups -OCH3 is 1. The molecule has 19 heavy (non-hydrogen) atoms. The van der Waals surface area contributed by atoms with Crippen LogP contribution in [-0.2, 0) is 20.7 Å². The Morgan fingerprint density at radius 2 is 1.95 bits per heavy atom. The molecule has 0 aromatic heterocycles. The quantitative estimate of drug-likeness (QED) is 0.766. The second kappa shape index (κ2) is 7.14. The van der Waals surface area contributed by atoms with Crippen LogP contribution in [0.3, 0.4) is 0 Å². The summed E-state index contributed by atoms with van der Waals surface area (Å²) in [4.78, 5) is 11.1. The van der Waals surface area contributed by atoms with Crippen LogP contribution in [0.2, 0.25) is 0 Å². The molecule has 0 bridgehead atoms. The molecule has 0 N–H and O–H groups in total. The van der Waals surface area contributed by atoms with E-state index >= 15 is 0 Å². The van der Waals surface area contributed by atoms with Crippen molar-refractivity contribution < 1.29 is 19.0 Å². The van der Waals surface area contributed by atoms with E-state index in [-0.39, 0.29) is 12.1 Å². The number of hydrogen-bond donors (Lipinski definition) is 0. The highest BCUT2D eigenvalue weighted by molar-refractivity contribution is 5.69. The first-order valence-corrected chi connectivity index (χ1v) is 6.68. The topological polar surface area (TPSA) is 44.8 Å². The van der Waals surface area contributed by atoms with Crippen LogP contribution in [0.4, 0.5) is 0 Å². The van der Waals surface area contributed by atoms with Crippen molar-refractivity contribution in [3.05, 3.63) is 29.8 Å². The molecule has 4 heteroatoms. The Balaban J connectivity index is 1.82. The van der Waals surface area contributed by atoms with E-state index in [1.807, 2.05) is 24.3 Å². The van der Waals surface area contributed by atoms with Crippen LogP contribution >= 0.6 is 0 Å². The first kappa shape index (κ1) is 13.9. The lowest BCUT2D eigenvalue weighted by Crippen LogP contribution is -2.25. The molecule has 0 unspecified atom stereocenters. The van der Waals surface area contributed by atoms with Gasteiger partial charge in [-0.3, -0.25) is 4.79 Å². The van der Waals surface area contributed by atoms with E-state index in [1.54, 1.807) is 0 Å². The van der Waals surface area contributed by atoms with E-state index in [4.69, 9.17) is 9.47 Å². The maximum atomic E-state index is 11.1. The normalized spacial score (nSPS) is 16.1. The van der Waals surface area contributed by atoms with E-state index < -0.39 is 0 Å². The number of esters is 1. The molecule has 1 aliphatic heterocycles. The number of rotatable bonds is 5. The third-order valence-electron chi connectivity index (χ3n) is 3.24.